The minimum absolute atomic E-state index is 1.00. The summed E-state index contributed by atoms with van der Waals surface area (Å²) in [6, 6.07) is 4.12. The van der Waals surface area contributed by atoms with Crippen LogP contribution in [0.2, 0.25) is 0 Å². The summed E-state index contributed by atoms with van der Waals surface area (Å²) >= 11 is 1.93. The van der Waals surface area contributed by atoms with E-state index in [1.54, 1.807) is 0 Å². The summed E-state index contributed by atoms with van der Waals surface area (Å²) in [6.45, 7) is 0. The Kier molecular flexibility index (Phi) is 2.13. The van der Waals surface area contributed by atoms with Gasteiger partial charge in [-0.15, -0.1) is 11.8 Å². The van der Waals surface area contributed by atoms with Gasteiger partial charge in [-0.05, 0) is 30.9 Å². The number of aromatic nitrogens is 1. The van der Waals surface area contributed by atoms with Gasteiger partial charge in [-0.3, -0.25) is 4.98 Å². The molecule has 2 heteroatoms. The molecule has 1 saturated carbocycles. The van der Waals surface area contributed by atoms with Crippen LogP contribution >= 0.6 is 11.8 Å². The van der Waals surface area contributed by atoms with E-state index in [2.05, 4.69) is 11.1 Å². The van der Waals surface area contributed by atoms with Crippen molar-refractivity contribution in [1.29, 1.82) is 0 Å². The summed E-state index contributed by atoms with van der Waals surface area (Å²) in [5.41, 5.74) is 0. The van der Waals surface area contributed by atoms with Gasteiger partial charge in [0.05, 0.1) is 0 Å². The Labute approximate surface area is 71.2 Å². The van der Waals surface area contributed by atoms with Crippen molar-refractivity contribution in [1.82, 2.24) is 4.98 Å². The number of nitrogens with zero attached hydrogens (tertiary/aromatic N) is 1. The van der Waals surface area contributed by atoms with E-state index in [1.807, 2.05) is 30.2 Å². The predicted octanol–water partition coefficient (Wildman–Crippen LogP) is 2.58. The number of thioether (sulfide) groups is 1. The van der Waals surface area contributed by atoms with Crippen molar-refractivity contribution >= 4 is 11.8 Å². The Bertz CT molecular complexity index is 218. The Balaban J connectivity index is 1.85. The normalized spacial score (nSPS) is 16.7. The molecule has 0 radical (unpaired) electrons. The molecule has 1 aromatic heterocycles. The zero-order valence-electron chi connectivity index (χ0n) is 6.36. The monoisotopic (exact) mass is 165 g/mol. The molecule has 0 unspecified atom stereocenters. The molecule has 1 aliphatic rings. The molecular formula is C9H11NS. The molecule has 1 heterocycles. The van der Waals surface area contributed by atoms with E-state index in [0.29, 0.717) is 0 Å². The maximum Gasteiger partial charge on any atom is 0.0403 e. The van der Waals surface area contributed by atoms with E-state index in [4.69, 9.17) is 0 Å². The number of hydrogen-bond acceptors (Lipinski definition) is 2. The third-order valence-electron chi connectivity index (χ3n) is 1.82. The van der Waals surface area contributed by atoms with Crippen LogP contribution in [0.5, 0.6) is 0 Å². The van der Waals surface area contributed by atoms with Crippen LogP contribution in [0.25, 0.3) is 0 Å². The van der Waals surface area contributed by atoms with Crippen LogP contribution in [0, 0.1) is 5.92 Å². The topological polar surface area (TPSA) is 12.9 Å². The molecule has 1 nitrogen and oxygen atoms in total. The predicted molar refractivity (Wildman–Crippen MR) is 47.7 cm³/mol. The van der Waals surface area contributed by atoms with Crippen LogP contribution in [0.4, 0.5) is 0 Å². The van der Waals surface area contributed by atoms with Gasteiger partial charge in [0, 0.05) is 23.0 Å². The van der Waals surface area contributed by atoms with E-state index < -0.39 is 0 Å². The number of rotatable bonds is 3. The van der Waals surface area contributed by atoms with Gasteiger partial charge in [-0.2, -0.15) is 0 Å². The van der Waals surface area contributed by atoms with Gasteiger partial charge >= 0.3 is 0 Å². The maximum absolute atomic E-state index is 4.06. The van der Waals surface area contributed by atoms with Gasteiger partial charge in [0.2, 0.25) is 0 Å². The fourth-order valence-electron chi connectivity index (χ4n) is 0.931. The smallest absolute Gasteiger partial charge is 0.0403 e. The van der Waals surface area contributed by atoms with Crippen LogP contribution in [-0.4, -0.2) is 10.7 Å². The van der Waals surface area contributed by atoms with E-state index in [9.17, 15) is 0 Å². The highest BCUT2D eigenvalue weighted by Gasteiger charge is 2.20. The summed E-state index contributed by atoms with van der Waals surface area (Å²) < 4.78 is 0. The Hall–Kier alpha value is -0.500. The van der Waals surface area contributed by atoms with Crippen LogP contribution in [0.15, 0.2) is 29.4 Å². The van der Waals surface area contributed by atoms with E-state index in [1.165, 1.54) is 23.5 Å². The number of pyridine rings is 1. The molecule has 1 aromatic rings. The minimum atomic E-state index is 1.00. The van der Waals surface area contributed by atoms with Crippen molar-refractivity contribution in [2.75, 3.05) is 5.75 Å². The Morgan fingerprint density at radius 1 is 1.55 bits per heavy atom. The molecule has 0 N–H and O–H groups in total. The molecule has 0 spiro atoms. The Morgan fingerprint density at radius 2 is 2.45 bits per heavy atom. The van der Waals surface area contributed by atoms with Crippen LogP contribution < -0.4 is 0 Å². The van der Waals surface area contributed by atoms with Crippen molar-refractivity contribution in [3.05, 3.63) is 24.5 Å². The first-order valence-electron chi connectivity index (χ1n) is 3.98. The second kappa shape index (κ2) is 3.26. The van der Waals surface area contributed by atoms with Crippen molar-refractivity contribution < 1.29 is 0 Å². The zero-order valence-corrected chi connectivity index (χ0v) is 7.18. The molecule has 1 fully saturated rings. The van der Waals surface area contributed by atoms with E-state index >= 15 is 0 Å². The molecular weight excluding hydrogens is 154 g/mol. The highest BCUT2D eigenvalue weighted by atomic mass is 32.2. The van der Waals surface area contributed by atoms with Crippen molar-refractivity contribution in [2.24, 2.45) is 5.92 Å². The molecule has 2 rings (SSSR count). The van der Waals surface area contributed by atoms with Gasteiger partial charge in [-0.1, -0.05) is 0 Å². The standard InChI is InChI=1S/C9H11NS/c1-2-9(6-10-5-1)11-7-8-3-4-8/h1-2,5-6,8H,3-4,7H2. The molecule has 0 aromatic carbocycles. The molecule has 0 saturated heterocycles. The summed E-state index contributed by atoms with van der Waals surface area (Å²) in [5, 5.41) is 0. The molecule has 58 valence electrons. The fourth-order valence-corrected chi connectivity index (χ4v) is 2.00. The molecule has 0 atom stereocenters. The fraction of sp³-hybridized carbons (Fsp3) is 0.444. The second-order valence-corrected chi connectivity index (χ2v) is 4.04. The van der Waals surface area contributed by atoms with Gasteiger partial charge in [0.15, 0.2) is 0 Å². The second-order valence-electron chi connectivity index (χ2n) is 2.94. The van der Waals surface area contributed by atoms with Gasteiger partial charge in [-0.25, -0.2) is 0 Å². The summed E-state index contributed by atoms with van der Waals surface area (Å²) in [6.07, 6.45) is 6.63. The number of hydrogen-bond donors (Lipinski definition) is 0. The molecule has 11 heavy (non-hydrogen) atoms. The van der Waals surface area contributed by atoms with Crippen LogP contribution in [0.1, 0.15) is 12.8 Å². The lowest BCUT2D eigenvalue weighted by Gasteiger charge is -1.96. The molecule has 0 aliphatic heterocycles. The molecule has 0 bridgehead atoms. The largest absolute Gasteiger partial charge is 0.264 e. The SMILES string of the molecule is c1cncc(SCC2CC2)c1. The van der Waals surface area contributed by atoms with E-state index in [-0.39, 0.29) is 0 Å². The summed E-state index contributed by atoms with van der Waals surface area (Å²) in [4.78, 5) is 5.37. The lowest BCUT2D eigenvalue weighted by atomic mass is 10.5. The third-order valence-corrected chi connectivity index (χ3v) is 3.03. The van der Waals surface area contributed by atoms with Gasteiger partial charge in [0.1, 0.15) is 0 Å². The first kappa shape index (κ1) is 7.17. The maximum atomic E-state index is 4.06. The van der Waals surface area contributed by atoms with Crippen molar-refractivity contribution in [3.8, 4) is 0 Å². The van der Waals surface area contributed by atoms with E-state index in [0.717, 1.165) is 5.92 Å². The van der Waals surface area contributed by atoms with Gasteiger partial charge in [0.25, 0.3) is 0 Å². The third kappa shape index (κ3) is 2.22. The summed E-state index contributed by atoms with van der Waals surface area (Å²) in [7, 11) is 0. The first-order chi connectivity index (χ1) is 5.45. The average molecular weight is 165 g/mol. The van der Waals surface area contributed by atoms with Gasteiger partial charge < -0.3 is 0 Å². The Morgan fingerprint density at radius 3 is 3.09 bits per heavy atom. The first-order valence-corrected chi connectivity index (χ1v) is 4.96. The lowest BCUT2D eigenvalue weighted by Crippen LogP contribution is -1.80. The van der Waals surface area contributed by atoms with Crippen molar-refractivity contribution in [2.45, 2.75) is 17.7 Å². The average Bonchev–Trinajstić information content (AvgIpc) is 2.86. The highest BCUT2D eigenvalue weighted by molar-refractivity contribution is 7.99. The van der Waals surface area contributed by atoms with Crippen molar-refractivity contribution in [3.63, 3.8) is 0 Å². The minimum Gasteiger partial charge on any atom is -0.264 e. The molecule has 0 amide bonds. The van der Waals surface area contributed by atoms with Crippen LogP contribution in [0.3, 0.4) is 0 Å². The quantitative estimate of drug-likeness (QED) is 0.638. The highest BCUT2D eigenvalue weighted by Crippen LogP contribution is 2.34. The molecule has 1 aliphatic carbocycles. The summed E-state index contributed by atoms with van der Waals surface area (Å²) in [5.74, 6) is 2.28. The lowest BCUT2D eigenvalue weighted by molar-refractivity contribution is 0.999. The van der Waals surface area contributed by atoms with Crippen LogP contribution in [-0.2, 0) is 0 Å². The zero-order chi connectivity index (χ0) is 7.52.